The third kappa shape index (κ3) is 2.62. The van der Waals surface area contributed by atoms with Gasteiger partial charge in [0.1, 0.15) is 0 Å². The highest BCUT2D eigenvalue weighted by Gasteiger charge is 2.54. The van der Waals surface area contributed by atoms with Crippen LogP contribution in [0.25, 0.3) is 0 Å². The summed E-state index contributed by atoms with van der Waals surface area (Å²) in [7, 11) is 0. The second-order valence-corrected chi connectivity index (χ2v) is 2.72. The lowest BCUT2D eigenvalue weighted by Gasteiger charge is -2.25. The lowest BCUT2D eigenvalue weighted by molar-refractivity contribution is -0.243. The molecule has 0 spiro atoms. The number of hydrogen-bond donors (Lipinski definition) is 1. The fraction of sp³-hybridized carbons (Fsp3) is 1.00. The van der Waals surface area contributed by atoms with Crippen LogP contribution in [0.15, 0.2) is 0 Å². The van der Waals surface area contributed by atoms with Crippen molar-refractivity contribution < 1.29 is 22.7 Å². The van der Waals surface area contributed by atoms with Crippen LogP contribution in [0, 0.1) is 0 Å². The number of rotatable bonds is 4. The maximum absolute atomic E-state index is 12.8. The molecule has 0 aromatic carbocycles. The van der Waals surface area contributed by atoms with Gasteiger partial charge in [-0.1, -0.05) is 19.8 Å². The van der Waals surface area contributed by atoms with Crippen molar-refractivity contribution in [3.8, 4) is 0 Å². The molecular weight excluding hydrogens is 176 g/mol. The van der Waals surface area contributed by atoms with E-state index in [9.17, 15) is 17.6 Å². The summed E-state index contributed by atoms with van der Waals surface area (Å²) in [5.41, 5.74) is -3.41. The van der Waals surface area contributed by atoms with E-state index in [1.807, 2.05) is 0 Å². The highest BCUT2D eigenvalue weighted by atomic mass is 19.4. The summed E-state index contributed by atoms with van der Waals surface area (Å²) >= 11 is 0. The number of aliphatic hydroxyl groups excluding tert-OH is 1. The van der Waals surface area contributed by atoms with Crippen LogP contribution in [-0.2, 0) is 0 Å². The van der Waals surface area contributed by atoms with E-state index in [2.05, 4.69) is 0 Å². The van der Waals surface area contributed by atoms with E-state index in [4.69, 9.17) is 5.11 Å². The Bertz CT molecular complexity index is 134. The molecule has 0 saturated heterocycles. The Morgan fingerprint density at radius 1 is 1.17 bits per heavy atom. The van der Waals surface area contributed by atoms with Crippen LogP contribution in [0.1, 0.15) is 26.2 Å². The molecule has 0 aliphatic carbocycles. The van der Waals surface area contributed by atoms with Gasteiger partial charge in [0.05, 0.1) is 6.61 Å². The molecule has 1 nitrogen and oxygen atoms in total. The maximum Gasteiger partial charge on any atom is 0.424 e. The van der Waals surface area contributed by atoms with Gasteiger partial charge in [-0.05, 0) is 6.42 Å². The van der Waals surface area contributed by atoms with Crippen LogP contribution < -0.4 is 0 Å². The number of halogens is 4. The first kappa shape index (κ1) is 11.7. The van der Waals surface area contributed by atoms with Crippen LogP contribution >= 0.6 is 0 Å². The van der Waals surface area contributed by atoms with Gasteiger partial charge < -0.3 is 5.11 Å². The predicted molar refractivity (Wildman–Crippen MR) is 36.5 cm³/mol. The Labute approximate surface area is 68.4 Å². The molecule has 1 atom stereocenters. The largest absolute Gasteiger partial charge is 0.424 e. The van der Waals surface area contributed by atoms with Gasteiger partial charge in [-0.3, -0.25) is 0 Å². The van der Waals surface area contributed by atoms with Gasteiger partial charge in [0, 0.05) is 0 Å². The highest BCUT2D eigenvalue weighted by molar-refractivity contribution is 4.86. The smallest absolute Gasteiger partial charge is 0.393 e. The van der Waals surface area contributed by atoms with Gasteiger partial charge in [0.2, 0.25) is 5.67 Å². The fourth-order valence-corrected chi connectivity index (χ4v) is 0.767. The third-order valence-corrected chi connectivity index (χ3v) is 1.69. The molecule has 0 amide bonds. The molecule has 12 heavy (non-hydrogen) atoms. The second kappa shape index (κ2) is 4.07. The monoisotopic (exact) mass is 188 g/mol. The third-order valence-electron chi connectivity index (χ3n) is 1.69. The SMILES string of the molecule is CCCCC(F)(CO)C(F)(F)F. The number of aliphatic hydroxyl groups is 1. The zero-order chi connectivity index (χ0) is 9.83. The molecule has 1 N–H and O–H groups in total. The van der Waals surface area contributed by atoms with Crippen molar-refractivity contribution in [3.05, 3.63) is 0 Å². The van der Waals surface area contributed by atoms with Crippen LogP contribution in [-0.4, -0.2) is 23.6 Å². The van der Waals surface area contributed by atoms with Crippen LogP contribution in [0.4, 0.5) is 17.6 Å². The summed E-state index contributed by atoms with van der Waals surface area (Å²) in [4.78, 5) is 0. The summed E-state index contributed by atoms with van der Waals surface area (Å²) in [6.45, 7) is 0.171. The molecule has 0 rings (SSSR count). The Morgan fingerprint density at radius 2 is 1.67 bits per heavy atom. The first-order chi connectivity index (χ1) is 5.37. The highest BCUT2D eigenvalue weighted by Crippen LogP contribution is 2.37. The van der Waals surface area contributed by atoms with E-state index in [0.717, 1.165) is 0 Å². The minimum Gasteiger partial charge on any atom is -0.393 e. The van der Waals surface area contributed by atoms with Crippen molar-refractivity contribution in [2.75, 3.05) is 6.61 Å². The average Bonchev–Trinajstić information content (AvgIpc) is 1.98. The average molecular weight is 188 g/mol. The van der Waals surface area contributed by atoms with Gasteiger partial charge in [0.25, 0.3) is 0 Å². The van der Waals surface area contributed by atoms with E-state index >= 15 is 0 Å². The number of alkyl halides is 4. The zero-order valence-electron chi connectivity index (χ0n) is 6.79. The van der Waals surface area contributed by atoms with Crippen LogP contribution in [0.5, 0.6) is 0 Å². The lowest BCUT2D eigenvalue weighted by atomic mass is 9.99. The molecule has 1 unspecified atom stereocenters. The van der Waals surface area contributed by atoms with E-state index in [1.54, 1.807) is 6.92 Å². The Balaban J connectivity index is 4.24. The zero-order valence-corrected chi connectivity index (χ0v) is 6.79. The molecule has 0 fully saturated rings. The Hall–Kier alpha value is -0.320. The summed E-state index contributed by atoms with van der Waals surface area (Å²) in [6, 6.07) is 0. The molecule has 0 aliphatic rings. The van der Waals surface area contributed by atoms with Gasteiger partial charge in [0.15, 0.2) is 0 Å². The fourth-order valence-electron chi connectivity index (χ4n) is 0.767. The maximum atomic E-state index is 12.8. The predicted octanol–water partition coefficient (Wildman–Crippen LogP) is 2.44. The van der Waals surface area contributed by atoms with Crippen LogP contribution in [0.2, 0.25) is 0 Å². The van der Waals surface area contributed by atoms with E-state index in [-0.39, 0.29) is 6.42 Å². The summed E-state index contributed by atoms with van der Waals surface area (Å²) in [5, 5.41) is 8.25. The molecule has 74 valence electrons. The van der Waals surface area contributed by atoms with Crippen molar-refractivity contribution in [1.29, 1.82) is 0 Å². The standard InChI is InChI=1S/C7H12F4O/c1-2-3-4-6(8,5-12)7(9,10)11/h12H,2-5H2,1H3. The van der Waals surface area contributed by atoms with Gasteiger partial charge in [-0.15, -0.1) is 0 Å². The lowest BCUT2D eigenvalue weighted by Crippen LogP contribution is -2.44. The second-order valence-electron chi connectivity index (χ2n) is 2.72. The summed E-state index contributed by atoms with van der Waals surface area (Å²) in [5.74, 6) is 0. The molecule has 0 bridgehead atoms. The molecule has 0 aromatic rings. The molecule has 0 aromatic heterocycles. The summed E-state index contributed by atoms with van der Waals surface area (Å²) < 4.78 is 48.5. The molecule has 0 aliphatic heterocycles. The van der Waals surface area contributed by atoms with Crippen LogP contribution in [0.3, 0.4) is 0 Å². The minimum atomic E-state index is -4.96. The molecule has 0 saturated carbocycles. The van der Waals surface area contributed by atoms with Crippen molar-refractivity contribution >= 4 is 0 Å². The number of hydrogen-bond acceptors (Lipinski definition) is 1. The van der Waals surface area contributed by atoms with E-state index < -0.39 is 24.9 Å². The van der Waals surface area contributed by atoms with Crippen molar-refractivity contribution in [1.82, 2.24) is 0 Å². The quantitative estimate of drug-likeness (QED) is 0.672. The van der Waals surface area contributed by atoms with E-state index in [1.165, 1.54) is 0 Å². The molecule has 0 heterocycles. The first-order valence-corrected chi connectivity index (χ1v) is 3.74. The van der Waals surface area contributed by atoms with Gasteiger partial charge in [-0.25, -0.2) is 4.39 Å². The van der Waals surface area contributed by atoms with Crippen molar-refractivity contribution in [2.45, 2.75) is 38.0 Å². The normalized spacial score (nSPS) is 17.5. The van der Waals surface area contributed by atoms with Crippen molar-refractivity contribution in [3.63, 3.8) is 0 Å². The molecular formula is C7H12F4O. The molecule has 5 heteroatoms. The van der Waals surface area contributed by atoms with Gasteiger partial charge >= 0.3 is 6.18 Å². The molecule has 0 radical (unpaired) electrons. The minimum absolute atomic E-state index is 0.122. The van der Waals surface area contributed by atoms with Crippen molar-refractivity contribution in [2.24, 2.45) is 0 Å². The van der Waals surface area contributed by atoms with Gasteiger partial charge in [-0.2, -0.15) is 13.2 Å². The summed E-state index contributed by atoms with van der Waals surface area (Å²) in [6.07, 6.45) is -5.03. The topological polar surface area (TPSA) is 20.2 Å². The Kier molecular flexibility index (Phi) is 3.96. The number of unbranched alkanes of at least 4 members (excludes halogenated alkanes) is 1. The van der Waals surface area contributed by atoms with E-state index in [0.29, 0.717) is 6.42 Å². The Morgan fingerprint density at radius 3 is 1.92 bits per heavy atom. The first-order valence-electron chi connectivity index (χ1n) is 3.74.